The first-order valence-electron chi connectivity index (χ1n) is 6.98. The fourth-order valence-corrected chi connectivity index (χ4v) is 2.88. The molecule has 0 bridgehead atoms. The summed E-state index contributed by atoms with van der Waals surface area (Å²) < 4.78 is 26.7. The van der Waals surface area contributed by atoms with Gasteiger partial charge in [-0.05, 0) is 50.3 Å². The Balaban J connectivity index is 0.00000400. The van der Waals surface area contributed by atoms with Crippen LogP contribution in [0.2, 0.25) is 0 Å². The molecule has 0 fully saturated rings. The van der Waals surface area contributed by atoms with Gasteiger partial charge in [-0.2, -0.15) is 0 Å². The predicted molar refractivity (Wildman–Crippen MR) is 90.3 cm³/mol. The maximum atomic E-state index is 12.1. The highest BCUT2D eigenvalue weighted by atomic mass is 35.5. The second-order valence-corrected chi connectivity index (χ2v) is 8.16. The van der Waals surface area contributed by atoms with Crippen LogP contribution in [0.15, 0.2) is 29.2 Å². The largest absolute Gasteiger partial charge is 0.324 e. The van der Waals surface area contributed by atoms with E-state index in [0.717, 1.165) is 18.4 Å². The van der Waals surface area contributed by atoms with Gasteiger partial charge in [0.05, 0.1) is 4.90 Å². The normalized spacial score (nSPS) is 12.3. The van der Waals surface area contributed by atoms with Crippen LogP contribution in [0.25, 0.3) is 0 Å². The van der Waals surface area contributed by atoms with E-state index in [1.165, 1.54) is 0 Å². The van der Waals surface area contributed by atoms with Gasteiger partial charge in [-0.15, -0.1) is 12.4 Å². The maximum Gasteiger partial charge on any atom is 0.240 e. The first-order chi connectivity index (χ1) is 9.10. The van der Waals surface area contributed by atoms with E-state index in [2.05, 4.69) is 18.6 Å². The minimum atomic E-state index is -3.47. The lowest BCUT2D eigenvalue weighted by Crippen LogP contribution is -2.45. The van der Waals surface area contributed by atoms with Crippen LogP contribution in [0, 0.1) is 5.92 Å². The van der Waals surface area contributed by atoms with E-state index < -0.39 is 15.6 Å². The second kappa shape index (κ2) is 8.13. The van der Waals surface area contributed by atoms with Crippen LogP contribution < -0.4 is 10.5 Å². The summed E-state index contributed by atoms with van der Waals surface area (Å²) >= 11 is 0. The van der Waals surface area contributed by atoms with Gasteiger partial charge in [-0.25, -0.2) is 13.1 Å². The van der Waals surface area contributed by atoms with Crippen molar-refractivity contribution in [3.8, 4) is 0 Å². The van der Waals surface area contributed by atoms with Gasteiger partial charge in [-0.1, -0.05) is 26.0 Å². The molecule has 4 nitrogen and oxygen atoms in total. The molecule has 0 aliphatic carbocycles. The summed E-state index contributed by atoms with van der Waals surface area (Å²) in [7, 11) is -3.47. The van der Waals surface area contributed by atoms with Crippen molar-refractivity contribution < 1.29 is 8.42 Å². The van der Waals surface area contributed by atoms with Crippen LogP contribution >= 0.6 is 12.4 Å². The molecule has 3 N–H and O–H groups in total. The maximum absolute atomic E-state index is 12.1. The first-order valence-corrected chi connectivity index (χ1v) is 8.46. The number of hydrogen-bond donors (Lipinski definition) is 2. The average molecular weight is 335 g/mol. The molecule has 0 heterocycles. The van der Waals surface area contributed by atoms with E-state index >= 15 is 0 Å². The summed E-state index contributed by atoms with van der Waals surface area (Å²) in [6, 6.07) is 7.07. The summed E-state index contributed by atoms with van der Waals surface area (Å²) in [5.74, 6) is 0.645. The lowest BCUT2D eigenvalue weighted by molar-refractivity contribution is 0.498. The molecule has 122 valence electrons. The Kier molecular flexibility index (Phi) is 7.89. The minimum Gasteiger partial charge on any atom is -0.324 e. The van der Waals surface area contributed by atoms with E-state index in [4.69, 9.17) is 5.73 Å². The van der Waals surface area contributed by atoms with Crippen molar-refractivity contribution in [1.29, 1.82) is 0 Å². The first kappa shape index (κ1) is 20.4. The number of benzene rings is 1. The van der Waals surface area contributed by atoms with Crippen molar-refractivity contribution in [3.63, 3.8) is 0 Å². The Morgan fingerprint density at radius 1 is 1.19 bits per heavy atom. The number of rotatable bonds is 7. The molecule has 0 radical (unpaired) electrons. The lowest BCUT2D eigenvalue weighted by Gasteiger charge is -2.19. The topological polar surface area (TPSA) is 72.2 Å². The van der Waals surface area contributed by atoms with Crippen LogP contribution in [0.4, 0.5) is 0 Å². The molecule has 1 aromatic rings. The summed E-state index contributed by atoms with van der Waals surface area (Å²) in [6.45, 7) is 8.13. The smallest absolute Gasteiger partial charge is 0.240 e. The van der Waals surface area contributed by atoms with Crippen molar-refractivity contribution in [2.24, 2.45) is 11.7 Å². The lowest BCUT2D eigenvalue weighted by atomic mass is 10.0. The zero-order valence-corrected chi connectivity index (χ0v) is 14.9. The molecular weight excluding hydrogens is 308 g/mol. The van der Waals surface area contributed by atoms with Crippen LogP contribution in [-0.2, 0) is 16.4 Å². The Morgan fingerprint density at radius 2 is 1.71 bits per heavy atom. The third-order valence-electron chi connectivity index (χ3n) is 2.96. The van der Waals surface area contributed by atoms with Gasteiger partial charge in [0.2, 0.25) is 10.0 Å². The summed E-state index contributed by atoms with van der Waals surface area (Å²) in [4.78, 5) is 0.287. The van der Waals surface area contributed by atoms with Gasteiger partial charge in [0, 0.05) is 12.1 Å². The summed E-state index contributed by atoms with van der Waals surface area (Å²) in [6.07, 6.45) is 2.08. The number of sulfonamides is 1. The fourth-order valence-electron chi connectivity index (χ4n) is 1.65. The molecule has 0 aliphatic heterocycles. The van der Waals surface area contributed by atoms with Gasteiger partial charge in [0.15, 0.2) is 0 Å². The minimum absolute atomic E-state index is 0. The van der Waals surface area contributed by atoms with Crippen molar-refractivity contribution in [2.45, 2.75) is 51.0 Å². The Morgan fingerprint density at radius 3 is 2.14 bits per heavy atom. The number of halogens is 1. The summed E-state index contributed by atoms with van der Waals surface area (Å²) in [5.41, 5.74) is 6.38. The molecule has 6 heteroatoms. The molecule has 1 rings (SSSR count). The summed E-state index contributed by atoms with van der Waals surface area (Å²) in [5, 5.41) is 0. The van der Waals surface area contributed by atoms with E-state index in [-0.39, 0.29) is 23.8 Å². The van der Waals surface area contributed by atoms with Gasteiger partial charge in [0.1, 0.15) is 0 Å². The van der Waals surface area contributed by atoms with E-state index in [0.29, 0.717) is 5.92 Å². The number of nitrogens with one attached hydrogen (secondary N) is 1. The second-order valence-electron chi connectivity index (χ2n) is 6.39. The quantitative estimate of drug-likeness (QED) is 0.805. The molecule has 0 spiro atoms. The number of nitrogens with two attached hydrogens (primary N) is 1. The SMILES string of the molecule is CC(C)CCc1ccc(S(=O)(=O)NCC(C)(C)N)cc1.Cl. The Labute approximate surface area is 135 Å². The molecule has 0 aromatic heterocycles. The monoisotopic (exact) mass is 334 g/mol. The van der Waals surface area contributed by atoms with Crippen molar-refractivity contribution in [1.82, 2.24) is 4.72 Å². The molecule has 0 saturated heterocycles. The van der Waals surface area contributed by atoms with Crippen LogP contribution in [0.3, 0.4) is 0 Å². The van der Waals surface area contributed by atoms with E-state index in [1.54, 1.807) is 26.0 Å². The molecule has 0 unspecified atom stereocenters. The van der Waals surface area contributed by atoms with Crippen LogP contribution in [-0.4, -0.2) is 20.5 Å². The highest BCUT2D eigenvalue weighted by Gasteiger charge is 2.18. The fraction of sp³-hybridized carbons (Fsp3) is 0.600. The van der Waals surface area contributed by atoms with Gasteiger partial charge in [0.25, 0.3) is 0 Å². The molecule has 21 heavy (non-hydrogen) atoms. The third-order valence-corrected chi connectivity index (χ3v) is 4.38. The highest BCUT2D eigenvalue weighted by molar-refractivity contribution is 7.89. The standard InChI is InChI=1S/C15H26N2O2S.ClH/c1-12(2)5-6-13-7-9-14(10-8-13)20(18,19)17-11-15(3,4)16;/h7-10,12,17H,5-6,11,16H2,1-4H3;1H. The van der Waals surface area contributed by atoms with Crippen LogP contribution in [0.1, 0.15) is 39.7 Å². The number of hydrogen-bond acceptors (Lipinski definition) is 3. The third kappa shape index (κ3) is 7.81. The molecule has 0 saturated carbocycles. The van der Waals surface area contributed by atoms with Crippen molar-refractivity contribution in [2.75, 3.05) is 6.54 Å². The van der Waals surface area contributed by atoms with Gasteiger partial charge >= 0.3 is 0 Å². The zero-order valence-electron chi connectivity index (χ0n) is 13.2. The highest BCUT2D eigenvalue weighted by Crippen LogP contribution is 2.14. The van der Waals surface area contributed by atoms with Crippen molar-refractivity contribution >= 4 is 22.4 Å². The van der Waals surface area contributed by atoms with E-state index in [1.807, 2.05) is 12.1 Å². The van der Waals surface area contributed by atoms with Gasteiger partial charge < -0.3 is 5.73 Å². The van der Waals surface area contributed by atoms with Crippen LogP contribution in [0.5, 0.6) is 0 Å². The van der Waals surface area contributed by atoms with Crippen molar-refractivity contribution in [3.05, 3.63) is 29.8 Å². The molecule has 0 atom stereocenters. The molecule has 0 aliphatic rings. The Hall–Kier alpha value is -0.620. The molecular formula is C15H27ClN2O2S. The number of aryl methyl sites for hydroxylation is 1. The molecule has 0 amide bonds. The Bertz CT molecular complexity index is 520. The average Bonchev–Trinajstić information content (AvgIpc) is 2.34. The molecule has 1 aromatic carbocycles. The predicted octanol–water partition coefficient (Wildman–Crippen LogP) is 2.71. The zero-order chi connectivity index (χ0) is 15.4. The van der Waals surface area contributed by atoms with Gasteiger partial charge in [-0.3, -0.25) is 0 Å². The van der Waals surface area contributed by atoms with E-state index in [9.17, 15) is 8.42 Å².